The number of benzene rings is 1. The fourth-order valence-corrected chi connectivity index (χ4v) is 9.72. The maximum Gasteiger partial charge on any atom is 0.573 e. The zero-order chi connectivity index (χ0) is 20.0. The van der Waals surface area contributed by atoms with E-state index in [1.54, 1.807) is 0 Å². The van der Waals surface area contributed by atoms with Gasteiger partial charge in [0, 0.05) is 8.80 Å². The molecule has 0 N–H and O–H groups in total. The molecule has 1 aromatic rings. The second-order valence-corrected chi connectivity index (χ2v) is 12.6. The molecule has 2 fully saturated rings. The van der Waals surface area contributed by atoms with E-state index in [0.717, 1.165) is 11.5 Å². The molecule has 1 aliphatic carbocycles. The molecule has 5 heteroatoms. The molecule has 1 nitrogen and oxygen atoms in total. The molecular weight excluding hydrogens is 377 g/mol. The lowest BCUT2D eigenvalue weighted by Gasteiger charge is -2.37. The summed E-state index contributed by atoms with van der Waals surface area (Å²) in [5.74, 6) is 1.40. The Kier molecular flexibility index (Phi) is 7.90. The van der Waals surface area contributed by atoms with Crippen molar-refractivity contribution in [3.63, 3.8) is 0 Å². The Bertz CT molecular complexity index is 571. The van der Waals surface area contributed by atoms with Gasteiger partial charge in [-0.05, 0) is 47.9 Å². The molecule has 1 aromatic carbocycles. The van der Waals surface area contributed by atoms with Gasteiger partial charge in [-0.3, -0.25) is 0 Å². The van der Waals surface area contributed by atoms with Crippen LogP contribution in [0.3, 0.4) is 0 Å². The average molecular weight is 413 g/mol. The van der Waals surface area contributed by atoms with Gasteiger partial charge in [0.1, 0.15) is 5.75 Å². The highest BCUT2D eigenvalue weighted by atomic mass is 28.3. The predicted molar refractivity (Wildman–Crippen MR) is 112 cm³/mol. The molecule has 0 aromatic heterocycles. The predicted octanol–water partition coefficient (Wildman–Crippen LogP) is 7.83. The minimum absolute atomic E-state index is 0.116. The van der Waals surface area contributed by atoms with Gasteiger partial charge in [0.15, 0.2) is 0 Å². The number of halogens is 3. The average Bonchev–Trinajstić information content (AvgIpc) is 2.68. The lowest BCUT2D eigenvalue weighted by molar-refractivity contribution is -0.274. The first-order chi connectivity index (χ1) is 13.4. The molecule has 0 bridgehead atoms. The lowest BCUT2D eigenvalue weighted by atomic mass is 9.85. The quantitative estimate of drug-likeness (QED) is 0.327. The van der Waals surface area contributed by atoms with Crippen molar-refractivity contribution >= 4 is 8.80 Å². The highest BCUT2D eigenvalue weighted by molar-refractivity contribution is 6.60. The van der Waals surface area contributed by atoms with Crippen molar-refractivity contribution in [2.75, 3.05) is 0 Å². The number of hydrogen-bond acceptors (Lipinski definition) is 1. The van der Waals surface area contributed by atoms with Crippen LogP contribution in [0, 0.1) is 5.92 Å². The van der Waals surface area contributed by atoms with Crippen LogP contribution in [0.1, 0.15) is 82.6 Å². The Morgan fingerprint density at radius 1 is 0.929 bits per heavy atom. The van der Waals surface area contributed by atoms with E-state index in [4.69, 9.17) is 0 Å². The van der Waals surface area contributed by atoms with E-state index in [1.165, 1.54) is 94.0 Å². The molecule has 1 heterocycles. The molecule has 1 saturated heterocycles. The molecule has 28 heavy (non-hydrogen) atoms. The summed E-state index contributed by atoms with van der Waals surface area (Å²) in [5, 5.41) is 0. The Morgan fingerprint density at radius 3 is 2.14 bits per heavy atom. The van der Waals surface area contributed by atoms with E-state index in [1.807, 2.05) is 12.1 Å². The van der Waals surface area contributed by atoms with Crippen LogP contribution >= 0.6 is 0 Å². The zero-order valence-electron chi connectivity index (χ0n) is 17.1. The van der Waals surface area contributed by atoms with Crippen LogP contribution in [-0.4, -0.2) is 15.2 Å². The van der Waals surface area contributed by atoms with Crippen molar-refractivity contribution in [2.45, 2.75) is 101 Å². The smallest absolute Gasteiger partial charge is 0.406 e. The summed E-state index contributed by atoms with van der Waals surface area (Å²) in [5.41, 5.74) is 2.23. The van der Waals surface area contributed by atoms with Crippen LogP contribution < -0.4 is 4.74 Å². The standard InChI is InChI=1S/C23H35F3OSi/c1-2-3-4-5-18-6-12-22(13-7-18)28-16-14-20(15-17-28)19-8-10-21(11-9-19)27-23(24,25)26/h8-11,18,20,22,28H,2-7,12-17H2,1H3. The van der Waals surface area contributed by atoms with Crippen LogP contribution in [0.5, 0.6) is 5.75 Å². The molecule has 158 valence electrons. The fourth-order valence-electron chi connectivity index (χ4n) is 5.50. The molecule has 0 amide bonds. The summed E-state index contributed by atoms with van der Waals surface area (Å²) in [6.45, 7) is 2.28. The van der Waals surface area contributed by atoms with Gasteiger partial charge >= 0.3 is 6.36 Å². The van der Waals surface area contributed by atoms with E-state index >= 15 is 0 Å². The summed E-state index contributed by atoms with van der Waals surface area (Å²) >= 11 is 0. The maximum atomic E-state index is 12.3. The zero-order valence-corrected chi connectivity index (χ0v) is 18.3. The van der Waals surface area contributed by atoms with Crippen LogP contribution in [0.2, 0.25) is 17.6 Å². The maximum absolute atomic E-state index is 12.3. The lowest BCUT2D eigenvalue weighted by Crippen LogP contribution is -2.29. The Morgan fingerprint density at radius 2 is 1.57 bits per heavy atom. The van der Waals surface area contributed by atoms with E-state index in [9.17, 15) is 13.2 Å². The summed E-state index contributed by atoms with van der Waals surface area (Å²) in [6, 6.07) is 9.41. The van der Waals surface area contributed by atoms with Gasteiger partial charge in [-0.2, -0.15) is 0 Å². The van der Waals surface area contributed by atoms with Gasteiger partial charge in [0.25, 0.3) is 0 Å². The van der Waals surface area contributed by atoms with E-state index in [0.29, 0.717) is 5.92 Å². The van der Waals surface area contributed by atoms with Gasteiger partial charge in [-0.1, -0.05) is 82.5 Å². The summed E-state index contributed by atoms with van der Waals surface area (Å²) in [6.07, 6.45) is 9.29. The summed E-state index contributed by atoms with van der Waals surface area (Å²) in [4.78, 5) is 0. The first kappa shape index (κ1) is 21.7. The largest absolute Gasteiger partial charge is 0.573 e. The van der Waals surface area contributed by atoms with Gasteiger partial charge in [0.2, 0.25) is 0 Å². The molecule has 1 aliphatic heterocycles. The number of unbranched alkanes of at least 4 members (excludes halogenated alkanes) is 2. The van der Waals surface area contributed by atoms with E-state index in [-0.39, 0.29) is 5.75 Å². The molecule has 3 rings (SSSR count). The number of alkyl halides is 3. The molecule has 1 saturated carbocycles. The highest BCUT2D eigenvalue weighted by Gasteiger charge is 2.33. The van der Waals surface area contributed by atoms with Gasteiger partial charge in [-0.15, -0.1) is 13.2 Å². The van der Waals surface area contributed by atoms with Crippen molar-refractivity contribution in [3.05, 3.63) is 29.8 Å². The molecule has 0 radical (unpaired) electrons. The van der Waals surface area contributed by atoms with Crippen molar-refractivity contribution in [1.82, 2.24) is 0 Å². The topological polar surface area (TPSA) is 9.23 Å². The van der Waals surface area contributed by atoms with Crippen molar-refractivity contribution in [2.24, 2.45) is 5.92 Å². The first-order valence-corrected chi connectivity index (χ1v) is 13.6. The Labute approximate surface area is 169 Å². The third-order valence-electron chi connectivity index (χ3n) is 7.13. The SMILES string of the molecule is CCCCCC1CCC([SiH]2CCC(c3ccc(OC(F)(F)F)cc3)CC2)CC1. The van der Waals surface area contributed by atoms with Gasteiger partial charge < -0.3 is 4.74 Å². The van der Waals surface area contributed by atoms with Crippen molar-refractivity contribution < 1.29 is 17.9 Å². The molecule has 0 atom stereocenters. The van der Waals surface area contributed by atoms with E-state index in [2.05, 4.69) is 11.7 Å². The number of rotatable bonds is 7. The second kappa shape index (κ2) is 10.2. The molecule has 2 aliphatic rings. The monoisotopic (exact) mass is 412 g/mol. The third kappa shape index (κ3) is 6.53. The Balaban J connectivity index is 1.41. The highest BCUT2D eigenvalue weighted by Crippen LogP contribution is 2.44. The van der Waals surface area contributed by atoms with Crippen LogP contribution in [0.4, 0.5) is 13.2 Å². The minimum Gasteiger partial charge on any atom is -0.406 e. The fraction of sp³-hybridized carbons (Fsp3) is 0.739. The number of ether oxygens (including phenoxy) is 1. The van der Waals surface area contributed by atoms with Crippen LogP contribution in [0.25, 0.3) is 0 Å². The number of hydrogen-bond donors (Lipinski definition) is 0. The molecular formula is C23H35F3OSi. The first-order valence-electron chi connectivity index (χ1n) is 11.3. The molecule has 0 unspecified atom stereocenters. The van der Waals surface area contributed by atoms with Gasteiger partial charge in [-0.25, -0.2) is 0 Å². The third-order valence-corrected chi connectivity index (χ3v) is 11.3. The van der Waals surface area contributed by atoms with Crippen molar-refractivity contribution in [1.29, 1.82) is 0 Å². The summed E-state index contributed by atoms with van der Waals surface area (Å²) in [7, 11) is -0.642. The normalized spacial score (nSPS) is 28.9. The summed E-state index contributed by atoms with van der Waals surface area (Å²) < 4.78 is 40.9. The Hall–Kier alpha value is -0.973. The minimum atomic E-state index is -4.61. The van der Waals surface area contributed by atoms with Crippen LogP contribution in [-0.2, 0) is 0 Å². The van der Waals surface area contributed by atoms with Crippen LogP contribution in [0.15, 0.2) is 24.3 Å². The molecule has 0 spiro atoms. The second-order valence-electron chi connectivity index (χ2n) is 9.01. The van der Waals surface area contributed by atoms with Gasteiger partial charge in [0.05, 0.1) is 0 Å². The van der Waals surface area contributed by atoms with Crippen molar-refractivity contribution in [3.8, 4) is 5.75 Å². The van der Waals surface area contributed by atoms with E-state index < -0.39 is 15.2 Å².